The SMILES string of the molecule is Cc1ccc2c(c1)C(C)(C)c1cc(C)c3ccccc3c1-2.Cc1cccc(-c2ccccc2)c1.Cc1cccc(C)c1.Cc1ccccc1-c1cc2ccccc2cc1C. The highest BCUT2D eigenvalue weighted by molar-refractivity contribution is 6.04. The fraction of sp³-hybridized carbons (Fsp3) is 0.167. The van der Waals surface area contributed by atoms with Gasteiger partial charge in [-0.2, -0.15) is 0 Å². The summed E-state index contributed by atoms with van der Waals surface area (Å²) >= 11 is 0. The van der Waals surface area contributed by atoms with Gasteiger partial charge in [-0.3, -0.25) is 0 Å². The molecule has 0 heterocycles. The molecule has 0 atom stereocenters. The van der Waals surface area contributed by atoms with Crippen LogP contribution in [0.5, 0.6) is 0 Å². The van der Waals surface area contributed by atoms with Crippen molar-refractivity contribution in [3.05, 3.63) is 238 Å². The van der Waals surface area contributed by atoms with Gasteiger partial charge in [-0.05, 0) is 137 Å². The molecule has 1 aliphatic carbocycles. The molecule has 0 unspecified atom stereocenters. The lowest BCUT2D eigenvalue weighted by molar-refractivity contribution is 0.659. The Morgan fingerprint density at radius 1 is 0.300 bits per heavy atom. The Kier molecular flexibility index (Phi) is 12.6. The molecule has 0 aliphatic heterocycles. The van der Waals surface area contributed by atoms with Crippen LogP contribution < -0.4 is 0 Å². The summed E-state index contributed by atoms with van der Waals surface area (Å²) < 4.78 is 0. The van der Waals surface area contributed by atoms with Crippen molar-refractivity contribution in [3.63, 3.8) is 0 Å². The third kappa shape index (κ3) is 9.20. The van der Waals surface area contributed by atoms with E-state index in [0.717, 1.165) is 0 Å². The van der Waals surface area contributed by atoms with Crippen molar-refractivity contribution in [2.24, 2.45) is 0 Å². The van der Waals surface area contributed by atoms with Crippen molar-refractivity contribution in [2.75, 3.05) is 0 Å². The zero-order chi connectivity index (χ0) is 42.4. The predicted octanol–water partition coefficient (Wildman–Crippen LogP) is 16.9. The highest BCUT2D eigenvalue weighted by Gasteiger charge is 2.36. The molecule has 0 N–H and O–H groups in total. The summed E-state index contributed by atoms with van der Waals surface area (Å²) in [5.41, 5.74) is 20.5. The maximum Gasteiger partial charge on any atom is 0.0159 e. The number of fused-ring (bicyclic) bond motifs is 6. The van der Waals surface area contributed by atoms with Crippen LogP contribution in [-0.4, -0.2) is 0 Å². The zero-order valence-corrected chi connectivity index (χ0v) is 36.9. The van der Waals surface area contributed by atoms with Crippen molar-refractivity contribution in [3.8, 4) is 33.4 Å². The second-order valence-electron chi connectivity index (χ2n) is 17.1. The maximum absolute atomic E-state index is 2.40. The zero-order valence-electron chi connectivity index (χ0n) is 36.9. The predicted molar refractivity (Wildman–Crippen MR) is 262 cm³/mol. The van der Waals surface area contributed by atoms with Crippen LogP contribution in [0.15, 0.2) is 188 Å². The lowest BCUT2D eigenvalue weighted by Gasteiger charge is -2.22. The molecule has 0 bridgehead atoms. The molecule has 0 nitrogen and oxygen atoms in total. The second kappa shape index (κ2) is 18.2. The lowest BCUT2D eigenvalue weighted by Crippen LogP contribution is -2.15. The van der Waals surface area contributed by atoms with Crippen LogP contribution in [0, 0.1) is 48.5 Å². The summed E-state index contributed by atoms with van der Waals surface area (Å²) in [5.74, 6) is 0. The Morgan fingerprint density at radius 3 is 1.50 bits per heavy atom. The molecule has 0 amide bonds. The molecule has 0 spiro atoms. The Balaban J connectivity index is 0.000000127. The van der Waals surface area contributed by atoms with Crippen LogP contribution in [0.3, 0.4) is 0 Å². The molecule has 0 aromatic heterocycles. The first-order chi connectivity index (χ1) is 28.9. The summed E-state index contributed by atoms with van der Waals surface area (Å²) in [5, 5.41) is 5.39. The van der Waals surface area contributed by atoms with Gasteiger partial charge >= 0.3 is 0 Å². The summed E-state index contributed by atoms with van der Waals surface area (Å²) in [7, 11) is 0. The normalized spacial score (nSPS) is 11.9. The first-order valence-electron chi connectivity index (χ1n) is 21.3. The van der Waals surface area contributed by atoms with Crippen molar-refractivity contribution < 1.29 is 0 Å². The van der Waals surface area contributed by atoms with Crippen LogP contribution in [0.4, 0.5) is 0 Å². The number of hydrogen-bond acceptors (Lipinski definition) is 0. The largest absolute Gasteiger partial charge is 0.0622 e. The molecule has 60 heavy (non-hydrogen) atoms. The van der Waals surface area contributed by atoms with Gasteiger partial charge in [-0.1, -0.05) is 218 Å². The smallest absolute Gasteiger partial charge is 0.0159 e. The van der Waals surface area contributed by atoms with E-state index in [1.165, 1.54) is 105 Å². The summed E-state index contributed by atoms with van der Waals surface area (Å²) in [6.45, 7) is 19.8. The van der Waals surface area contributed by atoms with E-state index in [0.29, 0.717) is 0 Å². The van der Waals surface area contributed by atoms with E-state index in [-0.39, 0.29) is 5.41 Å². The Hall–Kier alpha value is -6.50. The van der Waals surface area contributed by atoms with E-state index in [9.17, 15) is 0 Å². The van der Waals surface area contributed by atoms with E-state index in [4.69, 9.17) is 0 Å². The van der Waals surface area contributed by atoms with Gasteiger partial charge in [0.2, 0.25) is 0 Å². The number of aryl methyl sites for hydroxylation is 7. The molecule has 0 radical (unpaired) electrons. The van der Waals surface area contributed by atoms with Crippen LogP contribution in [0.2, 0.25) is 0 Å². The van der Waals surface area contributed by atoms with Gasteiger partial charge in [0, 0.05) is 5.41 Å². The third-order valence-corrected chi connectivity index (χ3v) is 11.9. The molecule has 0 fully saturated rings. The fourth-order valence-electron chi connectivity index (χ4n) is 8.66. The molecule has 0 saturated carbocycles. The van der Waals surface area contributed by atoms with Gasteiger partial charge in [0.15, 0.2) is 0 Å². The number of benzene rings is 9. The average Bonchev–Trinajstić information content (AvgIpc) is 3.46. The molecular formula is C60H58. The molecule has 9 aromatic carbocycles. The molecule has 10 rings (SSSR count). The van der Waals surface area contributed by atoms with Crippen LogP contribution in [-0.2, 0) is 5.41 Å². The second-order valence-corrected chi connectivity index (χ2v) is 17.1. The Bertz CT molecular complexity index is 2890. The van der Waals surface area contributed by atoms with E-state index in [2.05, 4.69) is 244 Å². The number of hydrogen-bond donors (Lipinski definition) is 0. The van der Waals surface area contributed by atoms with Gasteiger partial charge in [0.1, 0.15) is 0 Å². The first-order valence-corrected chi connectivity index (χ1v) is 21.3. The molecular weight excluding hydrogens is 721 g/mol. The quantitative estimate of drug-likeness (QED) is 0.164. The molecule has 0 heteroatoms. The van der Waals surface area contributed by atoms with Crippen molar-refractivity contribution in [1.82, 2.24) is 0 Å². The van der Waals surface area contributed by atoms with Crippen molar-refractivity contribution >= 4 is 21.5 Å². The Morgan fingerprint density at radius 2 is 0.850 bits per heavy atom. The standard InChI is InChI=1S/C21H20.C18H16.C13H12.C8H10/c1-13-9-10-17-18(11-13)21(3,4)19-12-14(2)15-7-5-6-8-16(15)20(17)19;1-13-7-3-6-10-17(13)18-12-16-9-5-4-8-15(16)11-14(18)2;1-11-6-5-9-13(10-11)12-7-3-2-4-8-12;1-7-4-3-5-8(2)6-7/h5-12H,1-4H3;3-12H,1-2H3;2-10H,1H3;3-6H,1-2H3. The van der Waals surface area contributed by atoms with E-state index in [1.54, 1.807) is 0 Å². The Labute approximate surface area is 359 Å². The minimum Gasteiger partial charge on any atom is -0.0622 e. The topological polar surface area (TPSA) is 0 Å². The van der Waals surface area contributed by atoms with Gasteiger partial charge in [0.25, 0.3) is 0 Å². The van der Waals surface area contributed by atoms with Crippen molar-refractivity contribution in [2.45, 2.75) is 67.7 Å². The van der Waals surface area contributed by atoms with Gasteiger partial charge < -0.3 is 0 Å². The first kappa shape index (κ1) is 41.7. The summed E-state index contributed by atoms with van der Waals surface area (Å²) in [4.78, 5) is 0. The monoisotopic (exact) mass is 778 g/mol. The molecule has 9 aromatic rings. The fourth-order valence-corrected chi connectivity index (χ4v) is 8.66. The average molecular weight is 779 g/mol. The van der Waals surface area contributed by atoms with Crippen LogP contribution >= 0.6 is 0 Å². The van der Waals surface area contributed by atoms with E-state index in [1.807, 2.05) is 6.07 Å². The van der Waals surface area contributed by atoms with E-state index >= 15 is 0 Å². The number of rotatable bonds is 2. The highest BCUT2D eigenvalue weighted by Crippen LogP contribution is 2.52. The van der Waals surface area contributed by atoms with Gasteiger partial charge in [0.05, 0.1) is 0 Å². The van der Waals surface area contributed by atoms with Gasteiger partial charge in [-0.15, -0.1) is 0 Å². The minimum absolute atomic E-state index is 0.0888. The molecule has 298 valence electrons. The minimum atomic E-state index is 0.0888. The summed E-state index contributed by atoms with van der Waals surface area (Å²) in [6, 6.07) is 67.2. The highest BCUT2D eigenvalue weighted by atomic mass is 14.4. The van der Waals surface area contributed by atoms with Crippen LogP contribution in [0.1, 0.15) is 63.9 Å². The molecule has 1 aliphatic rings. The maximum atomic E-state index is 2.40. The summed E-state index contributed by atoms with van der Waals surface area (Å²) in [6.07, 6.45) is 0. The van der Waals surface area contributed by atoms with Crippen LogP contribution in [0.25, 0.3) is 54.9 Å². The van der Waals surface area contributed by atoms with Gasteiger partial charge in [-0.25, -0.2) is 0 Å². The van der Waals surface area contributed by atoms with E-state index < -0.39 is 0 Å². The van der Waals surface area contributed by atoms with Crippen molar-refractivity contribution in [1.29, 1.82) is 0 Å². The third-order valence-electron chi connectivity index (χ3n) is 11.9. The molecule has 0 saturated heterocycles. The lowest BCUT2D eigenvalue weighted by atomic mass is 9.81.